The Hall–Kier alpha value is -3.43. The summed E-state index contributed by atoms with van der Waals surface area (Å²) in [7, 11) is 1.36. The van der Waals surface area contributed by atoms with Crippen LogP contribution in [0.4, 0.5) is 11.5 Å². The van der Waals surface area contributed by atoms with Gasteiger partial charge in [-0.2, -0.15) is 9.61 Å². The van der Waals surface area contributed by atoms with Gasteiger partial charge in [-0.25, -0.2) is 9.78 Å². The van der Waals surface area contributed by atoms with Gasteiger partial charge in [0.25, 0.3) is 0 Å². The highest BCUT2D eigenvalue weighted by Crippen LogP contribution is 2.42. The van der Waals surface area contributed by atoms with Crippen LogP contribution in [0.25, 0.3) is 27.3 Å². The van der Waals surface area contributed by atoms with Gasteiger partial charge in [0.05, 0.1) is 23.5 Å². The lowest BCUT2D eigenvalue weighted by molar-refractivity contribution is -0.123. The summed E-state index contributed by atoms with van der Waals surface area (Å²) >= 11 is 8.04. The lowest BCUT2D eigenvalue weighted by Crippen LogP contribution is -2.42. The van der Waals surface area contributed by atoms with Crippen LogP contribution in [0, 0.1) is 11.8 Å². The summed E-state index contributed by atoms with van der Waals surface area (Å²) in [6, 6.07) is 11.0. The van der Waals surface area contributed by atoms with Gasteiger partial charge < -0.3 is 15.4 Å². The third kappa shape index (κ3) is 5.25. The van der Waals surface area contributed by atoms with E-state index in [2.05, 4.69) is 17.0 Å². The molecule has 2 N–H and O–H groups in total. The number of nitrogens with two attached hydrogens (primary N) is 1. The SMILES string of the molecule is COC(=O)c1sc(-c2ccc(-c3cc4nccc(N)n4n3)c(Cl)c2)cc1N(C(=O)C1CCC(C)CC1)C(C)C. The van der Waals surface area contributed by atoms with Crippen molar-refractivity contribution in [2.24, 2.45) is 11.8 Å². The predicted molar refractivity (Wildman–Crippen MR) is 156 cm³/mol. The van der Waals surface area contributed by atoms with E-state index in [4.69, 9.17) is 22.1 Å². The van der Waals surface area contributed by atoms with Crippen LogP contribution in [-0.2, 0) is 9.53 Å². The normalized spacial score (nSPS) is 17.5. The number of carbonyl (C=O) groups excluding carboxylic acids is 2. The first-order valence-corrected chi connectivity index (χ1v) is 14.3. The number of thiophene rings is 1. The summed E-state index contributed by atoms with van der Waals surface area (Å²) in [5.74, 6) is 0.684. The number of halogens is 1. The number of carbonyl (C=O) groups is 2. The number of methoxy groups -OCH3 is 1. The zero-order valence-electron chi connectivity index (χ0n) is 22.5. The van der Waals surface area contributed by atoms with Crippen LogP contribution in [0.2, 0.25) is 5.02 Å². The van der Waals surface area contributed by atoms with Crippen molar-refractivity contribution < 1.29 is 14.3 Å². The number of ether oxygens (including phenoxy) is 1. The van der Waals surface area contributed by atoms with Gasteiger partial charge in [0.15, 0.2) is 5.65 Å². The fourth-order valence-electron chi connectivity index (χ4n) is 5.22. The van der Waals surface area contributed by atoms with E-state index in [1.165, 1.54) is 18.4 Å². The second-order valence-corrected chi connectivity index (χ2v) is 11.9. The van der Waals surface area contributed by atoms with Crippen molar-refractivity contribution in [3.05, 3.63) is 52.5 Å². The average molecular weight is 566 g/mol. The molecule has 1 fully saturated rings. The molecule has 3 heterocycles. The second kappa shape index (κ2) is 11.0. The minimum atomic E-state index is -0.463. The molecule has 0 atom stereocenters. The smallest absolute Gasteiger partial charge is 0.350 e. The molecule has 0 saturated heterocycles. The molecule has 3 aromatic heterocycles. The average Bonchev–Trinajstić information content (AvgIpc) is 3.54. The monoisotopic (exact) mass is 565 g/mol. The van der Waals surface area contributed by atoms with E-state index in [0.717, 1.165) is 41.7 Å². The number of hydrogen-bond donors (Lipinski definition) is 1. The molecule has 4 aromatic rings. The van der Waals surface area contributed by atoms with Crippen molar-refractivity contribution in [3.8, 4) is 21.7 Å². The van der Waals surface area contributed by atoms with Crippen LogP contribution in [0.3, 0.4) is 0 Å². The number of hydrogen-bond acceptors (Lipinski definition) is 7. The molecule has 5 rings (SSSR count). The molecule has 0 bridgehead atoms. The van der Waals surface area contributed by atoms with Gasteiger partial charge in [0.1, 0.15) is 10.7 Å². The number of benzene rings is 1. The molecule has 1 saturated carbocycles. The molecule has 8 nitrogen and oxygen atoms in total. The van der Waals surface area contributed by atoms with Crippen molar-refractivity contribution >= 4 is 52.0 Å². The Bertz CT molecular complexity index is 1540. The van der Waals surface area contributed by atoms with Crippen molar-refractivity contribution in [1.29, 1.82) is 0 Å². The number of amides is 1. The maximum Gasteiger partial charge on any atom is 0.350 e. The maximum atomic E-state index is 13.7. The number of aromatic nitrogens is 3. The minimum absolute atomic E-state index is 0.0415. The summed E-state index contributed by atoms with van der Waals surface area (Å²) < 4.78 is 6.68. The van der Waals surface area contributed by atoms with Crippen molar-refractivity contribution in [1.82, 2.24) is 14.6 Å². The molecule has 39 heavy (non-hydrogen) atoms. The van der Waals surface area contributed by atoms with E-state index in [0.29, 0.717) is 38.7 Å². The summed E-state index contributed by atoms with van der Waals surface area (Å²) in [5, 5.41) is 5.05. The highest BCUT2D eigenvalue weighted by molar-refractivity contribution is 7.18. The lowest BCUT2D eigenvalue weighted by atomic mass is 9.82. The summed E-state index contributed by atoms with van der Waals surface area (Å²) in [5.41, 5.74) is 9.45. The van der Waals surface area contributed by atoms with Crippen LogP contribution in [-0.4, -0.2) is 39.6 Å². The topological polar surface area (TPSA) is 103 Å². The molecule has 1 amide bonds. The van der Waals surface area contributed by atoms with E-state index in [1.54, 1.807) is 21.7 Å². The van der Waals surface area contributed by atoms with Gasteiger partial charge in [-0.1, -0.05) is 30.7 Å². The third-order valence-electron chi connectivity index (χ3n) is 7.38. The fourth-order valence-corrected chi connectivity index (χ4v) is 6.56. The Morgan fingerprint density at radius 2 is 1.90 bits per heavy atom. The zero-order valence-corrected chi connectivity index (χ0v) is 24.1. The molecule has 1 aliphatic rings. The molecule has 0 aliphatic heterocycles. The quantitative estimate of drug-likeness (QED) is 0.260. The summed E-state index contributed by atoms with van der Waals surface area (Å²) in [4.78, 5) is 33.9. The molecule has 0 unspecified atom stereocenters. The summed E-state index contributed by atoms with van der Waals surface area (Å²) in [6.45, 7) is 6.19. The Kier molecular flexibility index (Phi) is 7.64. The Labute approximate surface area is 236 Å². The Balaban J connectivity index is 1.52. The number of rotatable bonds is 6. The number of nitrogens with zero attached hydrogens (tertiary/aromatic N) is 4. The Morgan fingerprint density at radius 1 is 1.15 bits per heavy atom. The molecule has 10 heteroatoms. The number of fused-ring (bicyclic) bond motifs is 1. The van der Waals surface area contributed by atoms with Crippen LogP contribution in [0.15, 0.2) is 42.6 Å². The van der Waals surface area contributed by atoms with E-state index in [-0.39, 0.29) is 17.9 Å². The number of anilines is 2. The minimum Gasteiger partial charge on any atom is -0.465 e. The molecular formula is C29H32ClN5O3S. The van der Waals surface area contributed by atoms with Crippen molar-refractivity contribution in [3.63, 3.8) is 0 Å². The second-order valence-electron chi connectivity index (χ2n) is 10.4. The summed E-state index contributed by atoms with van der Waals surface area (Å²) in [6.07, 6.45) is 5.46. The largest absolute Gasteiger partial charge is 0.465 e. The standard InChI is InChI=1S/C29H32ClN5O3S/c1-16(2)34(28(36)18-7-5-17(3)6-8-18)23-15-24(39-27(23)29(37)38-4)19-9-10-20(21(30)13-19)22-14-26-32-12-11-25(31)35(26)33-22/h9-18H,5-8,31H2,1-4H3. The van der Waals surface area contributed by atoms with Crippen LogP contribution in [0.1, 0.15) is 56.1 Å². The van der Waals surface area contributed by atoms with E-state index in [9.17, 15) is 9.59 Å². The van der Waals surface area contributed by atoms with Crippen LogP contribution >= 0.6 is 22.9 Å². The first-order valence-electron chi connectivity index (χ1n) is 13.1. The highest BCUT2D eigenvalue weighted by Gasteiger charge is 2.33. The maximum absolute atomic E-state index is 13.7. The van der Waals surface area contributed by atoms with Gasteiger partial charge in [0.2, 0.25) is 5.91 Å². The van der Waals surface area contributed by atoms with Crippen molar-refractivity contribution in [2.45, 2.75) is 52.5 Å². The molecule has 0 spiro atoms. The van der Waals surface area contributed by atoms with Crippen LogP contribution in [0.5, 0.6) is 0 Å². The van der Waals surface area contributed by atoms with E-state index >= 15 is 0 Å². The molecule has 204 valence electrons. The molecule has 1 aromatic carbocycles. The van der Waals surface area contributed by atoms with Crippen molar-refractivity contribution in [2.75, 3.05) is 17.7 Å². The van der Waals surface area contributed by atoms with Gasteiger partial charge in [-0.15, -0.1) is 11.3 Å². The predicted octanol–water partition coefficient (Wildman–Crippen LogP) is 6.71. The number of esters is 1. The molecule has 1 aliphatic carbocycles. The fraction of sp³-hybridized carbons (Fsp3) is 0.379. The van der Waals surface area contributed by atoms with Gasteiger partial charge in [0, 0.05) is 34.7 Å². The number of nitrogen functional groups attached to an aromatic ring is 1. The van der Waals surface area contributed by atoms with E-state index in [1.807, 2.05) is 44.2 Å². The van der Waals surface area contributed by atoms with Gasteiger partial charge in [-0.3, -0.25) is 4.79 Å². The third-order valence-corrected chi connectivity index (χ3v) is 8.84. The van der Waals surface area contributed by atoms with Crippen LogP contribution < -0.4 is 10.6 Å². The first kappa shape index (κ1) is 27.1. The molecular weight excluding hydrogens is 534 g/mol. The molecule has 0 radical (unpaired) electrons. The Morgan fingerprint density at radius 3 is 2.54 bits per heavy atom. The lowest BCUT2D eigenvalue weighted by Gasteiger charge is -2.33. The first-order chi connectivity index (χ1) is 18.7. The van der Waals surface area contributed by atoms with Gasteiger partial charge >= 0.3 is 5.97 Å². The van der Waals surface area contributed by atoms with Gasteiger partial charge in [-0.05, 0) is 69.2 Å². The zero-order chi connectivity index (χ0) is 27.8. The van der Waals surface area contributed by atoms with E-state index < -0.39 is 5.97 Å². The highest BCUT2D eigenvalue weighted by atomic mass is 35.5.